The fourth-order valence-corrected chi connectivity index (χ4v) is 3.46. The summed E-state index contributed by atoms with van der Waals surface area (Å²) in [5.41, 5.74) is 6.45. The van der Waals surface area contributed by atoms with E-state index in [1.54, 1.807) is 12.3 Å². The molecule has 3 N–H and O–H groups in total. The van der Waals surface area contributed by atoms with Crippen molar-refractivity contribution in [2.24, 2.45) is 5.73 Å². The topological polar surface area (TPSA) is 63.8 Å². The van der Waals surface area contributed by atoms with Crippen molar-refractivity contribution in [3.05, 3.63) is 17.8 Å². The van der Waals surface area contributed by atoms with Crippen molar-refractivity contribution in [3.63, 3.8) is 0 Å². The Labute approximate surface area is 117 Å². The van der Waals surface area contributed by atoms with E-state index in [0.29, 0.717) is 15.6 Å². The molecule has 0 aromatic carbocycles. The Balaban J connectivity index is 2.08. The van der Waals surface area contributed by atoms with Gasteiger partial charge in [0.2, 0.25) is 0 Å². The molecule has 4 nitrogen and oxygen atoms in total. The molecule has 0 amide bonds. The summed E-state index contributed by atoms with van der Waals surface area (Å²) in [5, 5.41) is 11.3. The van der Waals surface area contributed by atoms with Gasteiger partial charge in [-0.1, -0.05) is 25.1 Å². The van der Waals surface area contributed by atoms with Crippen molar-refractivity contribution < 1.29 is 0 Å². The van der Waals surface area contributed by atoms with Gasteiger partial charge in [-0.15, -0.1) is 5.10 Å². The fraction of sp³-hybridized carbons (Fsp3) is 0.583. The SMILES string of the molecule is CSC1(CNc2nnccc2C(N)=S)CCCC1. The number of nitrogens with one attached hydrogen (secondary N) is 1. The van der Waals surface area contributed by atoms with Crippen LogP contribution < -0.4 is 11.1 Å². The van der Waals surface area contributed by atoms with Gasteiger partial charge in [0, 0.05) is 11.3 Å². The highest BCUT2D eigenvalue weighted by Crippen LogP contribution is 2.40. The number of nitrogens with zero attached hydrogens (tertiary/aromatic N) is 2. The van der Waals surface area contributed by atoms with Crippen LogP contribution in [0.3, 0.4) is 0 Å². The Bertz CT molecular complexity index is 430. The molecule has 1 saturated carbocycles. The van der Waals surface area contributed by atoms with E-state index in [0.717, 1.165) is 12.1 Å². The molecule has 18 heavy (non-hydrogen) atoms. The standard InChI is InChI=1S/C12H18N4S2/c1-18-12(5-2-3-6-12)8-14-11-9(10(13)17)4-7-15-16-11/h4,7H,2-3,5-6,8H2,1H3,(H2,13,17)(H,14,16). The van der Waals surface area contributed by atoms with Crippen LogP contribution in [0.25, 0.3) is 0 Å². The molecule has 0 spiro atoms. The van der Waals surface area contributed by atoms with Gasteiger partial charge in [-0.25, -0.2) is 0 Å². The van der Waals surface area contributed by atoms with Crippen LogP contribution in [0.5, 0.6) is 0 Å². The average Bonchev–Trinajstić information content (AvgIpc) is 2.86. The molecule has 0 radical (unpaired) electrons. The van der Waals surface area contributed by atoms with Crippen LogP contribution >= 0.6 is 24.0 Å². The molecule has 1 aliphatic carbocycles. The second-order valence-corrected chi connectivity index (χ2v) is 6.32. The van der Waals surface area contributed by atoms with Gasteiger partial charge in [0.25, 0.3) is 0 Å². The number of anilines is 1. The molecule has 2 rings (SSSR count). The van der Waals surface area contributed by atoms with Crippen LogP contribution in [0.15, 0.2) is 12.3 Å². The van der Waals surface area contributed by atoms with Crippen LogP contribution in [-0.2, 0) is 0 Å². The monoisotopic (exact) mass is 282 g/mol. The molecule has 0 bridgehead atoms. The van der Waals surface area contributed by atoms with E-state index in [4.69, 9.17) is 18.0 Å². The quantitative estimate of drug-likeness (QED) is 0.807. The number of nitrogens with two attached hydrogens (primary N) is 1. The molecule has 0 aliphatic heterocycles. The van der Waals surface area contributed by atoms with E-state index >= 15 is 0 Å². The van der Waals surface area contributed by atoms with E-state index in [-0.39, 0.29) is 0 Å². The maximum absolute atomic E-state index is 5.68. The van der Waals surface area contributed by atoms with Gasteiger partial charge >= 0.3 is 0 Å². The fourth-order valence-electron chi connectivity index (χ4n) is 2.38. The lowest BCUT2D eigenvalue weighted by Gasteiger charge is -2.27. The maximum atomic E-state index is 5.68. The Hall–Kier alpha value is -0.880. The predicted octanol–water partition coefficient (Wildman–Crippen LogP) is 2.20. The van der Waals surface area contributed by atoms with Gasteiger partial charge in [0.15, 0.2) is 5.82 Å². The zero-order chi connectivity index (χ0) is 13.0. The molecule has 1 aromatic heterocycles. The second-order valence-electron chi connectivity index (χ2n) is 4.61. The predicted molar refractivity (Wildman–Crippen MR) is 81.1 cm³/mol. The summed E-state index contributed by atoms with van der Waals surface area (Å²) in [5.74, 6) is 0.699. The van der Waals surface area contributed by atoms with Crippen molar-refractivity contribution in [1.82, 2.24) is 10.2 Å². The van der Waals surface area contributed by atoms with E-state index in [1.165, 1.54) is 25.7 Å². The van der Waals surface area contributed by atoms with Gasteiger partial charge in [-0.3, -0.25) is 0 Å². The van der Waals surface area contributed by atoms with Crippen LogP contribution in [0, 0.1) is 0 Å². The van der Waals surface area contributed by atoms with Gasteiger partial charge in [0.1, 0.15) is 4.99 Å². The zero-order valence-electron chi connectivity index (χ0n) is 10.5. The summed E-state index contributed by atoms with van der Waals surface area (Å²) in [7, 11) is 0. The third-order valence-corrected chi connectivity index (χ3v) is 5.15. The molecule has 0 saturated heterocycles. The van der Waals surface area contributed by atoms with E-state index in [2.05, 4.69) is 21.8 Å². The molecule has 1 heterocycles. The molecule has 0 atom stereocenters. The molecule has 1 aromatic rings. The summed E-state index contributed by atoms with van der Waals surface area (Å²) < 4.78 is 0.324. The number of hydrogen-bond donors (Lipinski definition) is 2. The molecule has 1 aliphatic rings. The van der Waals surface area contributed by atoms with Gasteiger partial charge in [0.05, 0.1) is 11.8 Å². The second kappa shape index (κ2) is 5.84. The largest absolute Gasteiger partial charge is 0.389 e. The number of thiocarbonyl (C=S) groups is 1. The van der Waals surface area contributed by atoms with E-state index in [9.17, 15) is 0 Å². The lowest BCUT2D eigenvalue weighted by Crippen LogP contribution is -2.31. The smallest absolute Gasteiger partial charge is 0.158 e. The normalized spacial score (nSPS) is 17.6. The Morgan fingerprint density at radius 1 is 1.56 bits per heavy atom. The Morgan fingerprint density at radius 2 is 2.28 bits per heavy atom. The van der Waals surface area contributed by atoms with Gasteiger partial charge in [-0.05, 0) is 25.2 Å². The number of thioether (sulfide) groups is 1. The third kappa shape index (κ3) is 2.92. The van der Waals surface area contributed by atoms with E-state index in [1.807, 2.05) is 11.8 Å². The molecule has 98 valence electrons. The first kappa shape index (κ1) is 13.5. The van der Waals surface area contributed by atoms with Crippen molar-refractivity contribution in [2.45, 2.75) is 30.4 Å². The van der Waals surface area contributed by atoms with Gasteiger partial charge < -0.3 is 11.1 Å². The van der Waals surface area contributed by atoms with Crippen molar-refractivity contribution in [2.75, 3.05) is 18.1 Å². The minimum Gasteiger partial charge on any atom is -0.389 e. The van der Waals surface area contributed by atoms with Gasteiger partial charge in [-0.2, -0.15) is 16.9 Å². The summed E-state index contributed by atoms with van der Waals surface area (Å²) in [6.07, 6.45) is 8.92. The van der Waals surface area contributed by atoms with E-state index < -0.39 is 0 Å². The minimum atomic E-state index is 0.324. The highest BCUT2D eigenvalue weighted by atomic mass is 32.2. The molecule has 0 unspecified atom stereocenters. The summed E-state index contributed by atoms with van der Waals surface area (Å²) >= 11 is 6.96. The highest BCUT2D eigenvalue weighted by Gasteiger charge is 2.32. The first-order valence-corrected chi connectivity index (χ1v) is 7.71. The van der Waals surface area contributed by atoms with Crippen LogP contribution in [0.4, 0.5) is 5.82 Å². The average molecular weight is 282 g/mol. The highest BCUT2D eigenvalue weighted by molar-refractivity contribution is 8.00. The lowest BCUT2D eigenvalue weighted by atomic mass is 10.1. The number of rotatable bonds is 5. The van der Waals surface area contributed by atoms with Crippen molar-refractivity contribution in [3.8, 4) is 0 Å². The van der Waals surface area contributed by atoms with Crippen LogP contribution in [-0.4, -0.2) is 32.7 Å². The Morgan fingerprint density at radius 3 is 2.89 bits per heavy atom. The Kier molecular flexibility index (Phi) is 4.40. The maximum Gasteiger partial charge on any atom is 0.158 e. The molecular formula is C12H18N4S2. The summed E-state index contributed by atoms with van der Waals surface area (Å²) in [6, 6.07) is 1.80. The summed E-state index contributed by atoms with van der Waals surface area (Å²) in [6.45, 7) is 0.891. The molecule has 1 fully saturated rings. The summed E-state index contributed by atoms with van der Waals surface area (Å²) in [4.78, 5) is 0.358. The number of hydrogen-bond acceptors (Lipinski definition) is 5. The van der Waals surface area contributed by atoms with Crippen molar-refractivity contribution >= 4 is 34.8 Å². The van der Waals surface area contributed by atoms with Crippen molar-refractivity contribution in [1.29, 1.82) is 0 Å². The molecular weight excluding hydrogens is 264 g/mol. The van der Waals surface area contributed by atoms with Crippen LogP contribution in [0.2, 0.25) is 0 Å². The first-order chi connectivity index (χ1) is 8.67. The minimum absolute atomic E-state index is 0.324. The lowest BCUT2D eigenvalue weighted by molar-refractivity contribution is 0.638. The first-order valence-electron chi connectivity index (χ1n) is 6.07. The van der Waals surface area contributed by atoms with Crippen LogP contribution in [0.1, 0.15) is 31.2 Å². The third-order valence-electron chi connectivity index (χ3n) is 3.51. The zero-order valence-corrected chi connectivity index (χ0v) is 12.1. The number of aromatic nitrogens is 2. The molecule has 6 heteroatoms.